The molecule has 2 nitrogen and oxygen atoms in total. The Balaban J connectivity index is 2.18. The van der Waals surface area contributed by atoms with E-state index in [0.29, 0.717) is 12.3 Å². The van der Waals surface area contributed by atoms with Crippen molar-refractivity contribution in [3.05, 3.63) is 0 Å². The second-order valence-corrected chi connectivity index (χ2v) is 5.69. The summed E-state index contributed by atoms with van der Waals surface area (Å²) in [6.07, 6.45) is 9.71. The van der Waals surface area contributed by atoms with Crippen LogP contribution in [-0.4, -0.2) is 5.91 Å². The molecule has 0 radical (unpaired) electrons. The van der Waals surface area contributed by atoms with Crippen molar-refractivity contribution in [1.82, 2.24) is 0 Å². The Labute approximate surface area is 100.0 Å². The van der Waals surface area contributed by atoms with Gasteiger partial charge in [-0.3, -0.25) is 4.79 Å². The van der Waals surface area contributed by atoms with Crippen LogP contribution in [0.3, 0.4) is 0 Å². The van der Waals surface area contributed by atoms with Crippen molar-refractivity contribution >= 4 is 5.91 Å². The molecule has 94 valence electrons. The van der Waals surface area contributed by atoms with Crippen LogP contribution < -0.4 is 5.73 Å². The third-order valence-electron chi connectivity index (χ3n) is 3.97. The van der Waals surface area contributed by atoms with Gasteiger partial charge in [0.1, 0.15) is 0 Å². The third-order valence-corrected chi connectivity index (χ3v) is 3.97. The van der Waals surface area contributed by atoms with E-state index in [4.69, 9.17) is 5.73 Å². The van der Waals surface area contributed by atoms with Crippen LogP contribution in [0.25, 0.3) is 0 Å². The number of amides is 1. The molecule has 0 aliphatic heterocycles. The van der Waals surface area contributed by atoms with Crippen molar-refractivity contribution < 1.29 is 4.79 Å². The highest BCUT2D eigenvalue weighted by Gasteiger charge is 2.23. The van der Waals surface area contributed by atoms with Crippen LogP contribution in [0.1, 0.15) is 65.2 Å². The normalized spacial score (nSPS) is 27.6. The predicted octanol–water partition coefficient (Wildman–Crippen LogP) is 3.49. The van der Waals surface area contributed by atoms with Gasteiger partial charge in [-0.15, -0.1) is 0 Å². The molecule has 1 atom stereocenters. The highest BCUT2D eigenvalue weighted by atomic mass is 16.1. The number of rotatable bonds is 6. The molecule has 0 spiro atoms. The van der Waals surface area contributed by atoms with Crippen molar-refractivity contribution in [1.29, 1.82) is 0 Å². The fourth-order valence-electron chi connectivity index (χ4n) is 3.14. The van der Waals surface area contributed by atoms with Crippen molar-refractivity contribution in [3.8, 4) is 0 Å². The molecule has 0 aromatic heterocycles. The lowest BCUT2D eigenvalue weighted by Crippen LogP contribution is -2.22. The second-order valence-electron chi connectivity index (χ2n) is 5.69. The number of carbonyl (C=O) groups excluding carboxylic acids is 1. The number of carbonyl (C=O) groups is 1. The largest absolute Gasteiger partial charge is 0.370 e. The quantitative estimate of drug-likeness (QED) is 0.738. The fourth-order valence-corrected chi connectivity index (χ4v) is 3.14. The first-order valence-corrected chi connectivity index (χ1v) is 6.90. The van der Waals surface area contributed by atoms with Crippen LogP contribution in [0.2, 0.25) is 0 Å². The van der Waals surface area contributed by atoms with Crippen LogP contribution in [0.4, 0.5) is 0 Å². The van der Waals surface area contributed by atoms with E-state index in [1.54, 1.807) is 0 Å². The molecular formula is C14H27NO. The number of hydrogen-bond donors (Lipinski definition) is 1. The number of nitrogens with two attached hydrogens (primary N) is 1. The Bertz CT molecular complexity index is 207. The molecule has 0 aromatic rings. The van der Waals surface area contributed by atoms with E-state index in [2.05, 4.69) is 13.8 Å². The van der Waals surface area contributed by atoms with Crippen LogP contribution in [0.15, 0.2) is 0 Å². The molecule has 1 rings (SSSR count). The molecule has 2 heteroatoms. The first-order chi connectivity index (χ1) is 7.61. The van der Waals surface area contributed by atoms with E-state index in [1.165, 1.54) is 44.9 Å². The third kappa shape index (κ3) is 5.00. The standard InChI is InChI=1S/C14H27NO/c1-3-4-11(2)9-12-5-7-13(8-6-12)10-14(15)16/h11-13H,3-10H2,1-2H3,(H2,15,16)/t11?,12-,13-. The van der Waals surface area contributed by atoms with Crippen LogP contribution in [-0.2, 0) is 4.79 Å². The minimum absolute atomic E-state index is 0.122. The van der Waals surface area contributed by atoms with Gasteiger partial charge in [-0.1, -0.05) is 39.5 Å². The van der Waals surface area contributed by atoms with Crippen molar-refractivity contribution in [3.63, 3.8) is 0 Å². The van der Waals surface area contributed by atoms with Gasteiger partial charge in [0.05, 0.1) is 0 Å². The second kappa shape index (κ2) is 6.93. The predicted molar refractivity (Wildman–Crippen MR) is 67.9 cm³/mol. The van der Waals surface area contributed by atoms with Crippen LogP contribution in [0, 0.1) is 17.8 Å². The molecule has 2 N–H and O–H groups in total. The van der Waals surface area contributed by atoms with Crippen LogP contribution >= 0.6 is 0 Å². The zero-order valence-electron chi connectivity index (χ0n) is 10.9. The highest BCUT2D eigenvalue weighted by molar-refractivity contribution is 5.73. The van der Waals surface area contributed by atoms with Gasteiger partial charge in [-0.05, 0) is 37.0 Å². The van der Waals surface area contributed by atoms with Gasteiger partial charge in [-0.25, -0.2) is 0 Å². The van der Waals surface area contributed by atoms with E-state index < -0.39 is 0 Å². The molecule has 1 fully saturated rings. The first kappa shape index (κ1) is 13.5. The minimum atomic E-state index is -0.122. The molecule has 0 bridgehead atoms. The van der Waals surface area contributed by atoms with Crippen molar-refractivity contribution in [2.24, 2.45) is 23.5 Å². The van der Waals surface area contributed by atoms with Gasteiger partial charge in [-0.2, -0.15) is 0 Å². The maximum absolute atomic E-state index is 10.8. The van der Waals surface area contributed by atoms with Gasteiger partial charge in [0.2, 0.25) is 5.91 Å². The summed E-state index contributed by atoms with van der Waals surface area (Å²) in [5.74, 6) is 2.24. The topological polar surface area (TPSA) is 43.1 Å². The number of primary amides is 1. The zero-order valence-corrected chi connectivity index (χ0v) is 10.9. The average Bonchev–Trinajstić information content (AvgIpc) is 2.20. The average molecular weight is 225 g/mol. The SMILES string of the molecule is CCCC(C)C[C@H]1CC[C@H](CC(N)=O)CC1. The van der Waals surface area contributed by atoms with Crippen molar-refractivity contribution in [2.45, 2.75) is 65.2 Å². The summed E-state index contributed by atoms with van der Waals surface area (Å²) in [6, 6.07) is 0. The summed E-state index contributed by atoms with van der Waals surface area (Å²) in [5, 5.41) is 0. The summed E-state index contributed by atoms with van der Waals surface area (Å²) in [5.41, 5.74) is 5.24. The molecule has 0 saturated heterocycles. The Kier molecular flexibility index (Phi) is 5.86. The van der Waals surface area contributed by atoms with E-state index in [1.807, 2.05) is 0 Å². The van der Waals surface area contributed by atoms with Gasteiger partial charge >= 0.3 is 0 Å². The smallest absolute Gasteiger partial charge is 0.217 e. The summed E-state index contributed by atoms with van der Waals surface area (Å²) >= 11 is 0. The molecule has 1 saturated carbocycles. The van der Waals surface area contributed by atoms with Gasteiger partial charge in [0.25, 0.3) is 0 Å². The summed E-state index contributed by atoms with van der Waals surface area (Å²) in [4.78, 5) is 10.8. The van der Waals surface area contributed by atoms with E-state index in [0.717, 1.165) is 11.8 Å². The van der Waals surface area contributed by atoms with Gasteiger partial charge in [0, 0.05) is 6.42 Å². The number of hydrogen-bond acceptors (Lipinski definition) is 1. The lowest BCUT2D eigenvalue weighted by molar-refractivity contribution is -0.119. The zero-order chi connectivity index (χ0) is 12.0. The molecule has 1 unspecified atom stereocenters. The molecule has 16 heavy (non-hydrogen) atoms. The maximum atomic E-state index is 10.8. The minimum Gasteiger partial charge on any atom is -0.370 e. The molecule has 1 amide bonds. The van der Waals surface area contributed by atoms with E-state index >= 15 is 0 Å². The van der Waals surface area contributed by atoms with Crippen LogP contribution in [0.5, 0.6) is 0 Å². The molecule has 1 aliphatic carbocycles. The Morgan fingerprint density at radius 2 is 1.81 bits per heavy atom. The Morgan fingerprint density at radius 1 is 1.25 bits per heavy atom. The summed E-state index contributed by atoms with van der Waals surface area (Å²) < 4.78 is 0. The monoisotopic (exact) mass is 225 g/mol. The van der Waals surface area contributed by atoms with E-state index in [-0.39, 0.29) is 5.91 Å². The summed E-state index contributed by atoms with van der Waals surface area (Å²) in [7, 11) is 0. The van der Waals surface area contributed by atoms with Gasteiger partial charge < -0.3 is 5.73 Å². The van der Waals surface area contributed by atoms with E-state index in [9.17, 15) is 4.79 Å². The maximum Gasteiger partial charge on any atom is 0.217 e. The Hall–Kier alpha value is -0.530. The van der Waals surface area contributed by atoms with Gasteiger partial charge in [0.15, 0.2) is 0 Å². The lowest BCUT2D eigenvalue weighted by Gasteiger charge is -2.29. The molecule has 0 aromatic carbocycles. The first-order valence-electron chi connectivity index (χ1n) is 6.90. The summed E-state index contributed by atoms with van der Waals surface area (Å²) in [6.45, 7) is 4.64. The fraction of sp³-hybridized carbons (Fsp3) is 0.929. The Morgan fingerprint density at radius 3 is 2.31 bits per heavy atom. The van der Waals surface area contributed by atoms with Crippen molar-refractivity contribution in [2.75, 3.05) is 0 Å². The lowest BCUT2D eigenvalue weighted by atomic mass is 9.76. The molecule has 1 aliphatic rings. The molecule has 0 heterocycles. The highest BCUT2D eigenvalue weighted by Crippen LogP contribution is 2.34. The molecular weight excluding hydrogens is 198 g/mol.